The average molecular weight is 282 g/mol. The Hall–Kier alpha value is -1.26. The number of amides is 2. The van der Waals surface area contributed by atoms with Crippen LogP contribution >= 0.6 is 11.6 Å². The Morgan fingerprint density at radius 2 is 2.37 bits per heavy atom. The number of urea groups is 1. The topological polar surface area (TPSA) is 58.4 Å². The van der Waals surface area contributed by atoms with Gasteiger partial charge in [-0.2, -0.15) is 0 Å². The lowest BCUT2D eigenvalue weighted by Gasteiger charge is -2.30. The van der Waals surface area contributed by atoms with Gasteiger partial charge in [0.1, 0.15) is 0 Å². The smallest absolute Gasteiger partial charge is 0.317 e. The van der Waals surface area contributed by atoms with Gasteiger partial charge in [-0.05, 0) is 37.0 Å². The minimum atomic E-state index is -0.0165. The molecule has 1 saturated heterocycles. The summed E-state index contributed by atoms with van der Waals surface area (Å²) < 4.78 is 0. The highest BCUT2D eigenvalue weighted by molar-refractivity contribution is 6.30. The number of piperidine rings is 1. The van der Waals surface area contributed by atoms with Crippen molar-refractivity contribution in [2.45, 2.75) is 25.3 Å². The predicted molar refractivity (Wildman–Crippen MR) is 77.3 cm³/mol. The summed E-state index contributed by atoms with van der Waals surface area (Å²) in [7, 11) is 0. The van der Waals surface area contributed by atoms with Crippen molar-refractivity contribution in [1.29, 1.82) is 0 Å². The molecule has 1 aromatic carbocycles. The Kier molecular flexibility index (Phi) is 5.05. The van der Waals surface area contributed by atoms with Crippen LogP contribution in [0.5, 0.6) is 0 Å². The van der Waals surface area contributed by atoms with Crippen LogP contribution in [0.2, 0.25) is 5.02 Å². The molecule has 0 spiro atoms. The van der Waals surface area contributed by atoms with E-state index in [4.69, 9.17) is 17.3 Å². The quantitative estimate of drug-likeness (QED) is 0.890. The number of rotatable bonds is 3. The molecule has 2 rings (SSSR count). The van der Waals surface area contributed by atoms with Gasteiger partial charge in [0.25, 0.3) is 0 Å². The molecule has 1 aromatic rings. The van der Waals surface area contributed by atoms with Crippen LogP contribution < -0.4 is 11.1 Å². The van der Waals surface area contributed by atoms with Gasteiger partial charge in [0.05, 0.1) is 0 Å². The maximum atomic E-state index is 11.9. The number of halogens is 1. The van der Waals surface area contributed by atoms with Gasteiger partial charge >= 0.3 is 6.03 Å². The second-order valence-electron chi connectivity index (χ2n) is 4.96. The summed E-state index contributed by atoms with van der Waals surface area (Å²) in [6, 6.07) is 7.80. The normalized spacial score (nSPS) is 19.3. The number of hydrogen-bond donors (Lipinski definition) is 2. The maximum absolute atomic E-state index is 11.9. The van der Waals surface area contributed by atoms with Gasteiger partial charge in [-0.3, -0.25) is 0 Å². The molecule has 3 N–H and O–H groups in total. The standard InChI is InChI=1S/C14H20ClN3O/c15-12-4-1-3-11(9-12)6-7-17-14(19)18-8-2-5-13(16)10-18/h1,3-4,9,13H,2,5-8,10,16H2,(H,17,19)/t13-/m0/s1. The first-order valence-electron chi connectivity index (χ1n) is 6.68. The van der Waals surface area contributed by atoms with Crippen molar-refractivity contribution in [3.63, 3.8) is 0 Å². The number of benzene rings is 1. The van der Waals surface area contributed by atoms with E-state index in [0.717, 1.165) is 36.4 Å². The molecule has 1 aliphatic heterocycles. The summed E-state index contributed by atoms with van der Waals surface area (Å²) in [5.41, 5.74) is 6.99. The maximum Gasteiger partial charge on any atom is 0.317 e. The monoisotopic (exact) mass is 281 g/mol. The number of carbonyl (C=O) groups is 1. The molecule has 0 aliphatic carbocycles. The van der Waals surface area contributed by atoms with Gasteiger partial charge in [-0.25, -0.2) is 4.79 Å². The van der Waals surface area contributed by atoms with E-state index in [0.29, 0.717) is 13.1 Å². The van der Waals surface area contributed by atoms with Crippen LogP contribution in [0.15, 0.2) is 24.3 Å². The van der Waals surface area contributed by atoms with E-state index in [-0.39, 0.29) is 12.1 Å². The third-order valence-corrected chi connectivity index (χ3v) is 3.56. The molecule has 0 bridgehead atoms. The first-order valence-corrected chi connectivity index (χ1v) is 7.06. The number of nitrogens with two attached hydrogens (primary N) is 1. The van der Waals surface area contributed by atoms with E-state index in [1.165, 1.54) is 0 Å². The highest BCUT2D eigenvalue weighted by atomic mass is 35.5. The van der Waals surface area contributed by atoms with Crippen LogP contribution in [-0.4, -0.2) is 36.6 Å². The van der Waals surface area contributed by atoms with E-state index >= 15 is 0 Å². The fourth-order valence-corrected chi connectivity index (χ4v) is 2.53. The summed E-state index contributed by atoms with van der Waals surface area (Å²) in [5, 5.41) is 3.66. The molecule has 1 heterocycles. The largest absolute Gasteiger partial charge is 0.338 e. The van der Waals surface area contributed by atoms with Gasteiger partial charge in [-0.15, -0.1) is 0 Å². The summed E-state index contributed by atoms with van der Waals surface area (Å²) in [6.45, 7) is 2.07. The van der Waals surface area contributed by atoms with E-state index < -0.39 is 0 Å². The lowest BCUT2D eigenvalue weighted by molar-refractivity contribution is 0.180. The molecule has 104 valence electrons. The summed E-state index contributed by atoms with van der Waals surface area (Å²) >= 11 is 5.91. The third kappa shape index (κ3) is 4.40. The molecular formula is C14H20ClN3O. The third-order valence-electron chi connectivity index (χ3n) is 3.32. The fraction of sp³-hybridized carbons (Fsp3) is 0.500. The Balaban J connectivity index is 1.74. The first kappa shape index (κ1) is 14.2. The molecule has 1 fully saturated rings. The van der Waals surface area contributed by atoms with Gasteiger partial charge in [-0.1, -0.05) is 23.7 Å². The molecular weight excluding hydrogens is 262 g/mol. The van der Waals surface area contributed by atoms with Gasteiger partial charge in [0.2, 0.25) is 0 Å². The fourth-order valence-electron chi connectivity index (χ4n) is 2.31. The van der Waals surface area contributed by atoms with E-state index in [2.05, 4.69) is 5.32 Å². The van der Waals surface area contributed by atoms with Crippen LogP contribution in [-0.2, 0) is 6.42 Å². The van der Waals surface area contributed by atoms with Crippen molar-refractivity contribution in [3.05, 3.63) is 34.9 Å². The molecule has 0 aromatic heterocycles. The first-order chi connectivity index (χ1) is 9.15. The second kappa shape index (κ2) is 6.78. The second-order valence-corrected chi connectivity index (χ2v) is 5.40. The molecule has 5 heteroatoms. The molecule has 1 atom stereocenters. The predicted octanol–water partition coefficient (Wildman–Crippen LogP) is 2.02. The van der Waals surface area contributed by atoms with Crippen molar-refractivity contribution in [2.75, 3.05) is 19.6 Å². The number of carbonyl (C=O) groups excluding carboxylic acids is 1. The van der Waals surface area contributed by atoms with Crippen molar-refractivity contribution < 1.29 is 4.79 Å². The highest BCUT2D eigenvalue weighted by Gasteiger charge is 2.20. The molecule has 1 aliphatic rings. The van der Waals surface area contributed by atoms with Crippen LogP contribution in [0.3, 0.4) is 0 Å². The minimum Gasteiger partial charge on any atom is -0.338 e. The SMILES string of the molecule is N[C@H]1CCCN(C(=O)NCCc2cccc(Cl)c2)C1. The van der Waals surface area contributed by atoms with Gasteiger partial charge in [0, 0.05) is 30.7 Å². The van der Waals surface area contributed by atoms with Crippen molar-refractivity contribution in [2.24, 2.45) is 5.73 Å². The van der Waals surface area contributed by atoms with Crippen molar-refractivity contribution >= 4 is 17.6 Å². The zero-order valence-electron chi connectivity index (χ0n) is 10.9. The lowest BCUT2D eigenvalue weighted by Crippen LogP contribution is -2.49. The molecule has 0 unspecified atom stereocenters. The Morgan fingerprint density at radius 3 is 3.11 bits per heavy atom. The summed E-state index contributed by atoms with van der Waals surface area (Å²) in [5.74, 6) is 0. The minimum absolute atomic E-state index is 0.0165. The zero-order chi connectivity index (χ0) is 13.7. The molecule has 2 amide bonds. The molecule has 19 heavy (non-hydrogen) atoms. The van der Waals surface area contributed by atoms with Gasteiger partial charge < -0.3 is 16.0 Å². The van der Waals surface area contributed by atoms with Crippen molar-refractivity contribution in [1.82, 2.24) is 10.2 Å². The summed E-state index contributed by atoms with van der Waals surface area (Å²) in [4.78, 5) is 13.7. The lowest BCUT2D eigenvalue weighted by atomic mass is 10.1. The molecule has 0 radical (unpaired) electrons. The van der Waals surface area contributed by atoms with Crippen LogP contribution in [0.25, 0.3) is 0 Å². The Bertz CT molecular complexity index is 438. The number of nitrogens with zero attached hydrogens (tertiary/aromatic N) is 1. The number of likely N-dealkylation sites (tertiary alicyclic amines) is 1. The van der Waals surface area contributed by atoms with Crippen LogP contribution in [0.4, 0.5) is 4.79 Å². The summed E-state index contributed by atoms with van der Waals surface area (Å²) in [6.07, 6.45) is 2.78. The van der Waals surface area contributed by atoms with E-state index in [1.807, 2.05) is 24.3 Å². The van der Waals surface area contributed by atoms with Crippen LogP contribution in [0, 0.1) is 0 Å². The van der Waals surface area contributed by atoms with Crippen molar-refractivity contribution in [3.8, 4) is 0 Å². The Labute approximate surface area is 118 Å². The van der Waals surface area contributed by atoms with Crippen LogP contribution in [0.1, 0.15) is 18.4 Å². The average Bonchev–Trinajstić information content (AvgIpc) is 2.38. The van der Waals surface area contributed by atoms with E-state index in [1.54, 1.807) is 4.90 Å². The highest BCUT2D eigenvalue weighted by Crippen LogP contribution is 2.11. The number of nitrogens with one attached hydrogen (secondary N) is 1. The number of hydrogen-bond acceptors (Lipinski definition) is 2. The van der Waals surface area contributed by atoms with Gasteiger partial charge in [0.15, 0.2) is 0 Å². The molecule has 0 saturated carbocycles. The Morgan fingerprint density at radius 1 is 1.53 bits per heavy atom. The molecule has 4 nitrogen and oxygen atoms in total. The zero-order valence-corrected chi connectivity index (χ0v) is 11.7. The van der Waals surface area contributed by atoms with E-state index in [9.17, 15) is 4.79 Å².